The summed E-state index contributed by atoms with van der Waals surface area (Å²) in [4.78, 5) is 22.2. The minimum absolute atomic E-state index is 0.0691. The topological polar surface area (TPSA) is 63.6 Å². The summed E-state index contributed by atoms with van der Waals surface area (Å²) in [6.45, 7) is 9.38. The molecule has 0 saturated carbocycles. The summed E-state index contributed by atoms with van der Waals surface area (Å²) in [6.07, 6.45) is 0. The zero-order valence-corrected chi connectivity index (χ0v) is 15.5. The number of nitrogens with zero attached hydrogens (tertiary/aromatic N) is 1. The van der Waals surface area contributed by atoms with Gasteiger partial charge in [-0.3, -0.25) is 0 Å². The summed E-state index contributed by atoms with van der Waals surface area (Å²) in [5, 5.41) is 8.77. The van der Waals surface area contributed by atoms with Crippen LogP contribution in [0.15, 0.2) is 54.6 Å². The van der Waals surface area contributed by atoms with Crippen molar-refractivity contribution in [2.24, 2.45) is 0 Å². The molecule has 1 N–H and O–H groups in total. The number of quaternary nitrogens is 1. The Balaban J connectivity index is 2.53. The van der Waals surface area contributed by atoms with E-state index in [4.69, 9.17) is 9.84 Å². The van der Waals surface area contributed by atoms with Crippen LogP contribution in [-0.2, 0) is 9.59 Å². The molecular formula is C21H26NO4+. The molecule has 26 heavy (non-hydrogen) atoms. The molecule has 138 valence electrons. The molecule has 0 aliphatic heterocycles. The lowest BCUT2D eigenvalue weighted by molar-refractivity contribution is -0.947. The van der Waals surface area contributed by atoms with Crippen molar-refractivity contribution in [1.82, 2.24) is 0 Å². The van der Waals surface area contributed by atoms with Gasteiger partial charge in [-0.1, -0.05) is 42.5 Å². The maximum atomic E-state index is 11.4. The van der Waals surface area contributed by atoms with Crippen LogP contribution in [0.4, 0.5) is 0 Å². The summed E-state index contributed by atoms with van der Waals surface area (Å²) >= 11 is 0. The van der Waals surface area contributed by atoms with Gasteiger partial charge in [-0.05, 0) is 32.9 Å². The van der Waals surface area contributed by atoms with Crippen LogP contribution in [0.3, 0.4) is 0 Å². The number of hydrogen-bond acceptors (Lipinski definition) is 3. The van der Waals surface area contributed by atoms with E-state index < -0.39 is 11.9 Å². The first kappa shape index (κ1) is 19.7. The smallest absolute Gasteiger partial charge is 0.422 e. The number of aliphatic carboxylic acids is 1. The monoisotopic (exact) mass is 356 g/mol. The average Bonchev–Trinajstić information content (AvgIpc) is 2.67. The van der Waals surface area contributed by atoms with Gasteiger partial charge < -0.3 is 14.3 Å². The molecule has 1 unspecified atom stereocenters. The van der Waals surface area contributed by atoms with E-state index in [1.165, 1.54) is 5.56 Å². The first-order valence-electron chi connectivity index (χ1n) is 8.93. The average molecular weight is 356 g/mol. The molecular weight excluding hydrogens is 330 g/mol. The Hall–Kier alpha value is -2.66. The number of carboxylic acids is 1. The number of carbonyl (C=O) groups excluding carboxylic acids is 1. The van der Waals surface area contributed by atoms with Gasteiger partial charge in [0.15, 0.2) is 0 Å². The van der Waals surface area contributed by atoms with Crippen LogP contribution in [-0.4, -0.2) is 41.2 Å². The molecule has 5 heteroatoms. The van der Waals surface area contributed by atoms with Crippen LogP contribution in [0, 0.1) is 0 Å². The predicted octanol–water partition coefficient (Wildman–Crippen LogP) is 3.64. The van der Waals surface area contributed by atoms with Crippen LogP contribution in [0.1, 0.15) is 37.9 Å². The lowest BCUT2D eigenvalue weighted by atomic mass is 9.94. The lowest BCUT2D eigenvalue weighted by Gasteiger charge is -2.43. The highest BCUT2D eigenvalue weighted by atomic mass is 16.6. The molecule has 0 saturated heterocycles. The van der Waals surface area contributed by atoms with Gasteiger partial charge in [0.1, 0.15) is 11.8 Å². The molecule has 0 bridgehead atoms. The fraction of sp³-hybridized carbons (Fsp3) is 0.333. The molecule has 5 nitrogen and oxygen atoms in total. The summed E-state index contributed by atoms with van der Waals surface area (Å²) in [6, 6.07) is 17.5. The van der Waals surface area contributed by atoms with E-state index in [1.54, 1.807) is 18.2 Å². The standard InChI is InChI=1S/C21H25NO4/c1-4-22(5-2,6-3)19(16-11-8-7-9-12-16)17-13-10-14-18(15-17)26-21(25)20(23)24/h7-15,19H,4-6H2,1-3H3/p+1. The first-order valence-corrected chi connectivity index (χ1v) is 8.93. The van der Waals surface area contributed by atoms with Gasteiger partial charge in [-0.25, -0.2) is 9.59 Å². The third-order valence-corrected chi connectivity index (χ3v) is 5.11. The van der Waals surface area contributed by atoms with Crippen molar-refractivity contribution in [3.8, 4) is 5.75 Å². The molecule has 0 aromatic heterocycles. The molecule has 2 aromatic carbocycles. The van der Waals surface area contributed by atoms with E-state index in [1.807, 2.05) is 24.3 Å². The number of rotatable bonds is 7. The van der Waals surface area contributed by atoms with Crippen LogP contribution in [0.5, 0.6) is 5.75 Å². The van der Waals surface area contributed by atoms with Gasteiger partial charge >= 0.3 is 11.9 Å². The van der Waals surface area contributed by atoms with Crippen molar-refractivity contribution in [1.29, 1.82) is 0 Å². The van der Waals surface area contributed by atoms with E-state index in [0.717, 1.165) is 29.7 Å². The summed E-state index contributed by atoms with van der Waals surface area (Å²) in [5.41, 5.74) is 2.18. The molecule has 0 amide bonds. The highest BCUT2D eigenvalue weighted by Gasteiger charge is 2.35. The second-order valence-electron chi connectivity index (χ2n) is 6.25. The number of hydrogen-bond donors (Lipinski definition) is 1. The number of benzene rings is 2. The highest BCUT2D eigenvalue weighted by molar-refractivity contribution is 6.29. The number of carboxylic acid groups (broad SMARTS) is 1. The molecule has 0 radical (unpaired) electrons. The molecule has 0 aliphatic carbocycles. The van der Waals surface area contributed by atoms with Crippen molar-refractivity contribution < 1.29 is 23.9 Å². The van der Waals surface area contributed by atoms with Gasteiger partial charge in [-0.2, -0.15) is 0 Å². The number of carbonyl (C=O) groups is 2. The Morgan fingerprint density at radius 1 is 0.923 bits per heavy atom. The Labute approximate surface area is 154 Å². The third-order valence-electron chi connectivity index (χ3n) is 5.11. The fourth-order valence-corrected chi connectivity index (χ4v) is 3.58. The maximum absolute atomic E-state index is 11.4. The molecule has 0 aliphatic rings. The molecule has 1 atom stereocenters. The molecule has 0 fully saturated rings. The largest absolute Gasteiger partial charge is 0.473 e. The van der Waals surface area contributed by atoms with Crippen LogP contribution >= 0.6 is 0 Å². The second-order valence-corrected chi connectivity index (χ2v) is 6.25. The van der Waals surface area contributed by atoms with Crippen molar-refractivity contribution in [2.45, 2.75) is 26.8 Å². The second kappa shape index (κ2) is 8.63. The Morgan fingerprint density at radius 2 is 1.50 bits per heavy atom. The van der Waals surface area contributed by atoms with Gasteiger partial charge in [0.2, 0.25) is 0 Å². The highest BCUT2D eigenvalue weighted by Crippen LogP contribution is 2.36. The van der Waals surface area contributed by atoms with Gasteiger partial charge in [0.05, 0.1) is 19.6 Å². The molecule has 2 rings (SSSR count). The third kappa shape index (κ3) is 4.11. The summed E-state index contributed by atoms with van der Waals surface area (Å²) in [7, 11) is 0. The quantitative estimate of drug-likeness (QED) is 0.356. The van der Waals surface area contributed by atoms with Gasteiger partial charge in [-0.15, -0.1) is 0 Å². The molecule has 0 heterocycles. The lowest BCUT2D eigenvalue weighted by Crippen LogP contribution is -2.50. The zero-order chi connectivity index (χ0) is 19.2. The van der Waals surface area contributed by atoms with E-state index in [-0.39, 0.29) is 11.8 Å². The van der Waals surface area contributed by atoms with E-state index in [2.05, 4.69) is 32.9 Å². The fourth-order valence-electron chi connectivity index (χ4n) is 3.58. The summed E-state index contributed by atoms with van der Waals surface area (Å²) < 4.78 is 5.82. The predicted molar refractivity (Wildman–Crippen MR) is 99.9 cm³/mol. The Morgan fingerprint density at radius 3 is 2.04 bits per heavy atom. The van der Waals surface area contributed by atoms with E-state index in [0.29, 0.717) is 0 Å². The molecule has 2 aromatic rings. The SMILES string of the molecule is CC[N+](CC)(CC)C(c1ccccc1)c1cccc(OC(=O)C(=O)O)c1. The van der Waals surface area contributed by atoms with Crippen molar-refractivity contribution in [3.63, 3.8) is 0 Å². The maximum Gasteiger partial charge on any atom is 0.422 e. The van der Waals surface area contributed by atoms with Crippen molar-refractivity contribution in [2.75, 3.05) is 19.6 Å². The minimum Gasteiger partial charge on any atom is -0.473 e. The first-order chi connectivity index (χ1) is 12.5. The summed E-state index contributed by atoms with van der Waals surface area (Å²) in [5.74, 6) is -2.63. The normalized spacial score (nSPS) is 12.4. The van der Waals surface area contributed by atoms with Crippen LogP contribution in [0.2, 0.25) is 0 Å². The van der Waals surface area contributed by atoms with E-state index in [9.17, 15) is 9.59 Å². The van der Waals surface area contributed by atoms with Crippen LogP contribution < -0.4 is 4.74 Å². The molecule has 0 spiro atoms. The number of esters is 1. The van der Waals surface area contributed by atoms with Crippen molar-refractivity contribution in [3.05, 3.63) is 65.7 Å². The van der Waals surface area contributed by atoms with Crippen LogP contribution in [0.25, 0.3) is 0 Å². The zero-order valence-electron chi connectivity index (χ0n) is 15.5. The van der Waals surface area contributed by atoms with Gasteiger partial charge in [0, 0.05) is 11.1 Å². The van der Waals surface area contributed by atoms with E-state index >= 15 is 0 Å². The number of ether oxygens (including phenoxy) is 1. The minimum atomic E-state index is -1.60. The Kier molecular flexibility index (Phi) is 6.52. The van der Waals surface area contributed by atoms with Gasteiger partial charge in [0.25, 0.3) is 0 Å². The van der Waals surface area contributed by atoms with Crippen molar-refractivity contribution >= 4 is 11.9 Å². The Bertz CT molecular complexity index is 745.